The second-order valence-electron chi connectivity index (χ2n) is 4.41. The van der Waals surface area contributed by atoms with Gasteiger partial charge in [-0.2, -0.15) is 0 Å². The van der Waals surface area contributed by atoms with E-state index >= 15 is 0 Å². The van der Waals surface area contributed by atoms with Crippen LogP contribution in [0.2, 0.25) is 5.02 Å². The van der Waals surface area contributed by atoms with Crippen LogP contribution in [-0.4, -0.2) is 6.10 Å². The molecule has 16 heavy (non-hydrogen) atoms. The van der Waals surface area contributed by atoms with Crippen molar-refractivity contribution in [2.24, 2.45) is 5.73 Å². The Morgan fingerprint density at radius 3 is 3.06 bits per heavy atom. The van der Waals surface area contributed by atoms with Gasteiger partial charge >= 0.3 is 0 Å². The van der Waals surface area contributed by atoms with Crippen LogP contribution in [0.1, 0.15) is 44.2 Å². The molecule has 0 aromatic heterocycles. The fourth-order valence-electron chi connectivity index (χ4n) is 2.16. The van der Waals surface area contributed by atoms with Crippen LogP contribution in [0.15, 0.2) is 18.2 Å². The third kappa shape index (κ3) is 2.50. The monoisotopic (exact) mass is 239 g/mol. The van der Waals surface area contributed by atoms with E-state index in [1.807, 2.05) is 18.2 Å². The Labute approximate surface area is 102 Å². The summed E-state index contributed by atoms with van der Waals surface area (Å²) in [6, 6.07) is 5.76. The fourth-order valence-corrected chi connectivity index (χ4v) is 2.34. The summed E-state index contributed by atoms with van der Waals surface area (Å²) in [4.78, 5) is 0. The molecular formula is C13H18ClNO. The second-order valence-corrected chi connectivity index (χ2v) is 4.84. The largest absolute Gasteiger partial charge is 0.490 e. The maximum Gasteiger partial charge on any atom is 0.124 e. The standard InChI is InChI=1S/C13H18ClNO/c1-2-3-4-10-8-12(15)11-7-9(14)5-6-13(11)16-10/h5-7,10,12H,2-4,8,15H2,1H3/t10?,12-/m0/s1. The lowest BCUT2D eigenvalue weighted by atomic mass is 9.95. The molecule has 2 rings (SSSR count). The number of nitrogens with two attached hydrogens (primary N) is 1. The Bertz CT molecular complexity index is 367. The molecule has 2 nitrogen and oxygen atoms in total. The first-order chi connectivity index (χ1) is 7.70. The van der Waals surface area contributed by atoms with Gasteiger partial charge in [0.1, 0.15) is 11.9 Å². The summed E-state index contributed by atoms with van der Waals surface area (Å²) in [6.07, 6.45) is 4.64. The van der Waals surface area contributed by atoms with Crippen molar-refractivity contribution in [2.45, 2.75) is 44.8 Å². The molecule has 0 saturated carbocycles. The Kier molecular flexibility index (Phi) is 3.72. The van der Waals surface area contributed by atoms with E-state index in [2.05, 4.69) is 6.92 Å². The predicted molar refractivity (Wildman–Crippen MR) is 66.9 cm³/mol. The summed E-state index contributed by atoms with van der Waals surface area (Å²) in [7, 11) is 0. The van der Waals surface area contributed by atoms with Crippen LogP contribution in [0.5, 0.6) is 5.75 Å². The second kappa shape index (κ2) is 5.07. The van der Waals surface area contributed by atoms with Gasteiger partial charge in [0.05, 0.1) is 0 Å². The average molecular weight is 240 g/mol. The van der Waals surface area contributed by atoms with Crippen LogP contribution in [0, 0.1) is 0 Å². The molecule has 1 heterocycles. The third-order valence-electron chi connectivity index (χ3n) is 3.06. The first-order valence-corrected chi connectivity index (χ1v) is 6.30. The van der Waals surface area contributed by atoms with Gasteiger partial charge in [-0.15, -0.1) is 0 Å². The van der Waals surface area contributed by atoms with E-state index in [9.17, 15) is 0 Å². The molecule has 1 aliphatic heterocycles. The Morgan fingerprint density at radius 2 is 2.31 bits per heavy atom. The molecule has 1 unspecified atom stereocenters. The molecule has 3 heteroatoms. The van der Waals surface area contributed by atoms with Crippen LogP contribution in [0.3, 0.4) is 0 Å². The van der Waals surface area contributed by atoms with Gasteiger partial charge < -0.3 is 10.5 Å². The van der Waals surface area contributed by atoms with Crippen molar-refractivity contribution < 1.29 is 4.74 Å². The molecule has 1 aromatic rings. The van der Waals surface area contributed by atoms with Crippen LogP contribution >= 0.6 is 11.6 Å². The Hall–Kier alpha value is -0.730. The maximum absolute atomic E-state index is 6.14. The number of halogens is 1. The minimum absolute atomic E-state index is 0.0595. The van der Waals surface area contributed by atoms with E-state index in [1.165, 1.54) is 12.8 Å². The number of fused-ring (bicyclic) bond motifs is 1. The van der Waals surface area contributed by atoms with Gasteiger partial charge in [-0.25, -0.2) is 0 Å². The van der Waals surface area contributed by atoms with E-state index < -0.39 is 0 Å². The molecule has 0 aliphatic carbocycles. The van der Waals surface area contributed by atoms with Crippen molar-refractivity contribution in [3.05, 3.63) is 28.8 Å². The number of hydrogen-bond acceptors (Lipinski definition) is 2. The third-order valence-corrected chi connectivity index (χ3v) is 3.30. The topological polar surface area (TPSA) is 35.2 Å². The molecule has 2 atom stereocenters. The minimum atomic E-state index is 0.0595. The molecule has 0 bridgehead atoms. The van der Waals surface area contributed by atoms with Gasteiger partial charge in [0.25, 0.3) is 0 Å². The molecule has 0 radical (unpaired) electrons. The van der Waals surface area contributed by atoms with Crippen molar-refractivity contribution in [3.8, 4) is 5.75 Å². The highest BCUT2D eigenvalue weighted by Gasteiger charge is 2.25. The number of benzene rings is 1. The van der Waals surface area contributed by atoms with Gasteiger partial charge in [0.15, 0.2) is 0 Å². The zero-order valence-electron chi connectivity index (χ0n) is 9.58. The number of hydrogen-bond donors (Lipinski definition) is 1. The zero-order chi connectivity index (χ0) is 11.5. The first-order valence-electron chi connectivity index (χ1n) is 5.92. The van der Waals surface area contributed by atoms with Crippen molar-refractivity contribution >= 4 is 11.6 Å². The number of rotatable bonds is 3. The van der Waals surface area contributed by atoms with Crippen molar-refractivity contribution in [1.29, 1.82) is 0 Å². The van der Waals surface area contributed by atoms with E-state index in [1.54, 1.807) is 0 Å². The van der Waals surface area contributed by atoms with E-state index in [0.717, 1.165) is 29.2 Å². The molecule has 0 fully saturated rings. The van der Waals surface area contributed by atoms with Crippen LogP contribution in [0.25, 0.3) is 0 Å². The van der Waals surface area contributed by atoms with Crippen molar-refractivity contribution in [2.75, 3.05) is 0 Å². The smallest absolute Gasteiger partial charge is 0.124 e. The molecule has 2 N–H and O–H groups in total. The Morgan fingerprint density at radius 1 is 1.50 bits per heavy atom. The average Bonchev–Trinajstić information content (AvgIpc) is 2.27. The quantitative estimate of drug-likeness (QED) is 0.873. The van der Waals surface area contributed by atoms with Crippen molar-refractivity contribution in [1.82, 2.24) is 0 Å². The summed E-state index contributed by atoms with van der Waals surface area (Å²) >= 11 is 5.95. The van der Waals surface area contributed by atoms with Gasteiger partial charge in [-0.05, 0) is 24.6 Å². The summed E-state index contributed by atoms with van der Waals surface area (Å²) in [6.45, 7) is 2.19. The zero-order valence-corrected chi connectivity index (χ0v) is 10.3. The lowest BCUT2D eigenvalue weighted by Gasteiger charge is -2.30. The molecule has 88 valence electrons. The van der Waals surface area contributed by atoms with Crippen molar-refractivity contribution in [3.63, 3.8) is 0 Å². The molecule has 0 saturated heterocycles. The number of ether oxygens (including phenoxy) is 1. The minimum Gasteiger partial charge on any atom is -0.490 e. The summed E-state index contributed by atoms with van der Waals surface area (Å²) in [5.41, 5.74) is 7.18. The Balaban J connectivity index is 2.13. The summed E-state index contributed by atoms with van der Waals surface area (Å²) in [5, 5.41) is 0.727. The lowest BCUT2D eigenvalue weighted by molar-refractivity contribution is 0.147. The molecular weight excluding hydrogens is 222 g/mol. The van der Waals surface area contributed by atoms with Gasteiger partial charge in [0, 0.05) is 23.0 Å². The molecule has 1 aromatic carbocycles. The SMILES string of the molecule is CCCCC1C[C@H](N)c2cc(Cl)ccc2O1. The highest BCUT2D eigenvalue weighted by Crippen LogP contribution is 2.36. The maximum atomic E-state index is 6.14. The fraction of sp³-hybridized carbons (Fsp3) is 0.538. The first kappa shape index (κ1) is 11.7. The molecule has 0 spiro atoms. The molecule has 1 aliphatic rings. The van der Waals surface area contributed by atoms with E-state index in [4.69, 9.17) is 22.1 Å². The molecule has 0 amide bonds. The van der Waals surface area contributed by atoms with Gasteiger partial charge in [-0.3, -0.25) is 0 Å². The summed E-state index contributed by atoms with van der Waals surface area (Å²) in [5.74, 6) is 0.907. The normalized spacial score (nSPS) is 23.7. The van der Waals surface area contributed by atoms with E-state index in [-0.39, 0.29) is 12.1 Å². The highest BCUT2D eigenvalue weighted by molar-refractivity contribution is 6.30. The van der Waals surface area contributed by atoms with Crippen LogP contribution in [0.4, 0.5) is 0 Å². The number of unbranched alkanes of at least 4 members (excludes halogenated alkanes) is 1. The predicted octanol–water partition coefficient (Wildman–Crippen LogP) is 3.68. The van der Waals surface area contributed by atoms with Crippen LogP contribution in [-0.2, 0) is 0 Å². The van der Waals surface area contributed by atoms with Gasteiger partial charge in [-0.1, -0.05) is 31.4 Å². The van der Waals surface area contributed by atoms with Gasteiger partial charge in [0.2, 0.25) is 0 Å². The van der Waals surface area contributed by atoms with E-state index in [0.29, 0.717) is 0 Å². The summed E-state index contributed by atoms with van der Waals surface area (Å²) < 4.78 is 5.92. The van der Waals surface area contributed by atoms with Crippen LogP contribution < -0.4 is 10.5 Å². The lowest BCUT2D eigenvalue weighted by Crippen LogP contribution is -2.29. The highest BCUT2D eigenvalue weighted by atomic mass is 35.5.